The standard InChI is InChI=1S/C36H30ClF6N7O2/c1-35(2,52)9-8-19-4-5-20(21-6-7-24(37)28-31(21)49(3)48-34(28)44)29(45-19)25(12-16-10-17(38)13-18(39)11-16)46-26(51)15-50-32-27(30(47-50)33(40)41)22-14-23(22)36(32,42)43/h4-7,10-11,13,22-23,25,33,52H,12,14-15H2,1-3H3,(H2,44,48)(H,46,51)/t22-,23?,25-/m0/s1. The Morgan fingerprint density at radius 1 is 1.12 bits per heavy atom. The van der Waals surface area contributed by atoms with Crippen LogP contribution in [0.25, 0.3) is 22.0 Å². The maximum Gasteiger partial charge on any atom is 0.293 e. The number of alkyl halides is 4. The lowest BCUT2D eigenvalue weighted by atomic mass is 9.93. The van der Waals surface area contributed by atoms with Gasteiger partial charge in [0.2, 0.25) is 5.91 Å². The lowest BCUT2D eigenvalue weighted by Gasteiger charge is -2.23. The minimum Gasteiger partial charge on any atom is -0.382 e. The maximum atomic E-state index is 15.3. The number of pyridine rings is 1. The van der Waals surface area contributed by atoms with E-state index in [0.29, 0.717) is 37.8 Å². The van der Waals surface area contributed by atoms with Crippen LogP contribution in [0.5, 0.6) is 0 Å². The number of fused-ring (bicyclic) bond motifs is 4. The smallest absolute Gasteiger partial charge is 0.293 e. The van der Waals surface area contributed by atoms with E-state index in [9.17, 15) is 27.5 Å². The molecule has 2 aliphatic carbocycles. The number of halogens is 7. The Kier molecular flexibility index (Phi) is 8.53. The van der Waals surface area contributed by atoms with Crippen LogP contribution in [0.4, 0.5) is 32.2 Å². The third-order valence-corrected chi connectivity index (χ3v) is 9.48. The van der Waals surface area contributed by atoms with Crippen molar-refractivity contribution in [1.82, 2.24) is 29.9 Å². The molecule has 9 nitrogen and oxygen atoms in total. The van der Waals surface area contributed by atoms with Crippen LogP contribution >= 0.6 is 11.6 Å². The molecule has 1 saturated carbocycles. The van der Waals surface area contributed by atoms with Crippen LogP contribution in [0.1, 0.15) is 72.6 Å². The molecule has 1 amide bonds. The van der Waals surface area contributed by atoms with Crippen molar-refractivity contribution in [1.29, 1.82) is 0 Å². The van der Waals surface area contributed by atoms with Gasteiger partial charge in [0.15, 0.2) is 5.82 Å². The highest BCUT2D eigenvalue weighted by Gasteiger charge is 2.67. The Morgan fingerprint density at radius 3 is 2.48 bits per heavy atom. The van der Waals surface area contributed by atoms with Crippen molar-refractivity contribution in [3.8, 4) is 23.0 Å². The van der Waals surface area contributed by atoms with E-state index >= 15 is 8.78 Å². The Bertz CT molecular complexity index is 2320. The van der Waals surface area contributed by atoms with E-state index in [2.05, 4.69) is 27.4 Å². The molecule has 3 heterocycles. The average molecular weight is 742 g/mol. The summed E-state index contributed by atoms with van der Waals surface area (Å²) in [7, 11) is 1.64. The third-order valence-electron chi connectivity index (χ3n) is 9.16. The molecular weight excluding hydrogens is 712 g/mol. The fourth-order valence-electron chi connectivity index (χ4n) is 7.01. The van der Waals surface area contributed by atoms with Crippen molar-refractivity contribution in [2.24, 2.45) is 13.0 Å². The molecule has 5 aromatic rings. The van der Waals surface area contributed by atoms with Crippen LogP contribution in [0.15, 0.2) is 42.5 Å². The van der Waals surface area contributed by atoms with E-state index in [4.69, 9.17) is 22.3 Å². The zero-order valence-corrected chi connectivity index (χ0v) is 28.5. The van der Waals surface area contributed by atoms with E-state index in [-0.39, 0.29) is 41.2 Å². The van der Waals surface area contributed by atoms with Gasteiger partial charge in [-0.2, -0.15) is 19.0 Å². The van der Waals surface area contributed by atoms with Gasteiger partial charge in [-0.25, -0.2) is 22.5 Å². The highest BCUT2D eigenvalue weighted by atomic mass is 35.5. The molecule has 52 heavy (non-hydrogen) atoms. The molecule has 0 radical (unpaired) electrons. The Hall–Kier alpha value is -5.07. The van der Waals surface area contributed by atoms with Gasteiger partial charge in [0.05, 0.1) is 27.7 Å². The van der Waals surface area contributed by atoms with Crippen LogP contribution in [-0.4, -0.2) is 41.2 Å². The summed E-state index contributed by atoms with van der Waals surface area (Å²) in [5.74, 6) is -2.49. The maximum absolute atomic E-state index is 15.3. The van der Waals surface area contributed by atoms with E-state index in [1.165, 1.54) is 18.5 Å². The molecule has 16 heteroatoms. The van der Waals surface area contributed by atoms with Gasteiger partial charge in [0, 0.05) is 35.7 Å². The summed E-state index contributed by atoms with van der Waals surface area (Å²) in [4.78, 5) is 18.5. The van der Waals surface area contributed by atoms with Crippen LogP contribution in [0.2, 0.25) is 5.02 Å². The number of nitrogens with two attached hydrogens (primary N) is 1. The van der Waals surface area contributed by atoms with Crippen LogP contribution in [-0.2, 0) is 30.7 Å². The number of aromatic nitrogens is 5. The molecule has 2 aliphatic rings. The second-order valence-corrected chi connectivity index (χ2v) is 14.0. The number of carbonyl (C=O) groups excluding carboxylic acids is 1. The van der Waals surface area contributed by atoms with E-state index in [1.54, 1.807) is 31.3 Å². The Labute approximate surface area is 297 Å². The fourth-order valence-corrected chi connectivity index (χ4v) is 7.26. The molecule has 0 bridgehead atoms. The fraction of sp³-hybridized carbons (Fsp3) is 0.333. The first-order chi connectivity index (χ1) is 24.4. The number of hydrogen-bond donors (Lipinski definition) is 3. The van der Waals surface area contributed by atoms with E-state index in [0.717, 1.165) is 12.1 Å². The Balaban J connectivity index is 1.37. The van der Waals surface area contributed by atoms with Crippen LogP contribution in [0.3, 0.4) is 0 Å². The van der Waals surface area contributed by atoms with Gasteiger partial charge < -0.3 is 16.2 Å². The van der Waals surface area contributed by atoms with Gasteiger partial charge in [-0.05, 0) is 74.4 Å². The van der Waals surface area contributed by atoms with Crippen molar-refractivity contribution < 1.29 is 36.2 Å². The van der Waals surface area contributed by atoms with Crippen molar-refractivity contribution in [3.63, 3.8) is 0 Å². The van der Waals surface area contributed by atoms with Gasteiger partial charge in [-0.15, -0.1) is 0 Å². The number of nitrogen functional groups attached to an aromatic ring is 1. The molecule has 0 saturated heterocycles. The lowest BCUT2D eigenvalue weighted by molar-refractivity contribution is -0.123. The number of carbonyl (C=O) groups is 1. The number of hydrogen-bond acceptors (Lipinski definition) is 6. The Morgan fingerprint density at radius 2 is 1.81 bits per heavy atom. The van der Waals surface area contributed by atoms with Crippen LogP contribution in [0, 0.1) is 29.4 Å². The minimum atomic E-state index is -3.47. The highest BCUT2D eigenvalue weighted by molar-refractivity contribution is 6.37. The van der Waals surface area contributed by atoms with Gasteiger partial charge in [0.25, 0.3) is 12.3 Å². The molecular formula is C36H30ClF6N7O2. The number of rotatable bonds is 8. The first-order valence-corrected chi connectivity index (χ1v) is 16.5. The lowest BCUT2D eigenvalue weighted by Crippen LogP contribution is -2.35. The SMILES string of the molecule is Cn1nc(N)c2c(Cl)ccc(-c3ccc(C#CC(C)(C)O)nc3[C@H](Cc3cc(F)cc(F)c3)NC(=O)Cn3nc(C(F)F)c4c3C(F)(F)C3C[C@H]43)c21. The zero-order chi connectivity index (χ0) is 37.4. The quantitative estimate of drug-likeness (QED) is 0.120. The number of anilines is 1. The summed E-state index contributed by atoms with van der Waals surface area (Å²) in [6.45, 7) is 2.06. The van der Waals surface area contributed by atoms with Gasteiger partial charge in [0.1, 0.15) is 40.9 Å². The first kappa shape index (κ1) is 35.3. The van der Waals surface area contributed by atoms with Crippen molar-refractivity contribution in [3.05, 3.63) is 93.0 Å². The summed E-state index contributed by atoms with van der Waals surface area (Å²) in [5, 5.41) is 21.8. The van der Waals surface area contributed by atoms with E-state index < -0.39 is 71.3 Å². The molecule has 3 aromatic heterocycles. The molecule has 0 spiro atoms. The molecule has 2 aromatic carbocycles. The second-order valence-electron chi connectivity index (χ2n) is 13.5. The zero-order valence-electron chi connectivity index (χ0n) is 27.8. The molecule has 1 fully saturated rings. The predicted octanol–water partition coefficient (Wildman–Crippen LogP) is 6.71. The topological polar surface area (TPSA) is 124 Å². The van der Waals surface area contributed by atoms with Gasteiger partial charge in [-0.3, -0.25) is 14.2 Å². The normalized spacial score (nSPS) is 17.8. The van der Waals surface area contributed by atoms with Gasteiger partial charge >= 0.3 is 0 Å². The molecule has 4 N–H and O–H groups in total. The molecule has 0 aliphatic heterocycles. The number of amides is 1. The third kappa shape index (κ3) is 6.34. The summed E-state index contributed by atoms with van der Waals surface area (Å²) in [6.07, 6.45) is -3.36. The highest BCUT2D eigenvalue weighted by Crippen LogP contribution is 2.68. The summed E-state index contributed by atoms with van der Waals surface area (Å²) >= 11 is 6.50. The van der Waals surface area contributed by atoms with Gasteiger partial charge in [-0.1, -0.05) is 23.6 Å². The van der Waals surface area contributed by atoms with Crippen molar-refractivity contribution in [2.75, 3.05) is 5.73 Å². The predicted molar refractivity (Wildman–Crippen MR) is 179 cm³/mol. The largest absolute Gasteiger partial charge is 0.382 e. The summed E-state index contributed by atoms with van der Waals surface area (Å²) in [6, 6.07) is 8.02. The molecule has 270 valence electrons. The van der Waals surface area contributed by atoms with Crippen LogP contribution < -0.4 is 11.1 Å². The molecule has 3 atom stereocenters. The average Bonchev–Trinajstić information content (AvgIpc) is 3.60. The van der Waals surface area contributed by atoms with Crippen molar-refractivity contribution >= 4 is 34.2 Å². The molecule has 1 unspecified atom stereocenters. The number of aryl methyl sites for hydroxylation is 1. The van der Waals surface area contributed by atoms with Crippen molar-refractivity contribution in [2.45, 2.75) is 63.1 Å². The second kappa shape index (κ2) is 12.6. The number of nitrogens with one attached hydrogen (secondary N) is 1. The molecule has 7 rings (SSSR count). The number of aliphatic hydroxyl groups is 1. The number of nitrogens with zero attached hydrogens (tertiary/aromatic N) is 5. The summed E-state index contributed by atoms with van der Waals surface area (Å²) < 4.78 is 89.5. The monoisotopic (exact) mass is 741 g/mol. The van der Waals surface area contributed by atoms with E-state index in [1.807, 2.05) is 0 Å². The number of benzene rings is 2. The first-order valence-electron chi connectivity index (χ1n) is 16.1. The summed E-state index contributed by atoms with van der Waals surface area (Å²) in [5.41, 5.74) is 4.75. The minimum absolute atomic E-state index is 0.0469.